The van der Waals surface area contributed by atoms with E-state index < -0.39 is 0 Å². The predicted octanol–water partition coefficient (Wildman–Crippen LogP) is 12.2. The fourth-order valence-corrected chi connectivity index (χ4v) is 7.04. The number of rotatable bonds is 5. The maximum atomic E-state index is 6.28. The van der Waals surface area contributed by atoms with E-state index in [2.05, 4.69) is 148 Å². The fourth-order valence-electron chi connectivity index (χ4n) is 7.04. The van der Waals surface area contributed by atoms with Crippen molar-refractivity contribution in [1.29, 1.82) is 0 Å². The average molecular weight is 553 g/mol. The number of aryl methyl sites for hydroxylation is 1. The lowest BCUT2D eigenvalue weighted by molar-refractivity contribution is 0.668. The molecule has 0 bridgehead atoms. The molecular formula is C42H32O. The lowest BCUT2D eigenvalue weighted by atomic mass is 9.82. The molecule has 0 radical (unpaired) electrons. The highest BCUT2D eigenvalue weighted by Gasteiger charge is 2.22. The van der Waals surface area contributed by atoms with Crippen molar-refractivity contribution in [2.45, 2.75) is 26.7 Å². The summed E-state index contributed by atoms with van der Waals surface area (Å²) >= 11 is 0. The third-order valence-electron chi connectivity index (χ3n) is 9.17. The quantitative estimate of drug-likeness (QED) is 0.153. The first-order valence-corrected chi connectivity index (χ1v) is 15.1. The number of hydrogen-bond donors (Lipinski definition) is 0. The molecule has 43 heavy (non-hydrogen) atoms. The Morgan fingerprint density at radius 3 is 2.14 bits per heavy atom. The van der Waals surface area contributed by atoms with Crippen LogP contribution >= 0.6 is 0 Å². The zero-order chi connectivity index (χ0) is 29.1. The minimum atomic E-state index is 0.141. The van der Waals surface area contributed by atoms with Crippen LogP contribution in [0, 0.1) is 6.92 Å². The van der Waals surface area contributed by atoms with E-state index in [9.17, 15) is 0 Å². The van der Waals surface area contributed by atoms with Gasteiger partial charge >= 0.3 is 0 Å². The number of allylic oxidation sites excluding steroid dienone is 4. The first kappa shape index (κ1) is 25.6. The van der Waals surface area contributed by atoms with Crippen molar-refractivity contribution in [3.63, 3.8) is 0 Å². The Morgan fingerprint density at radius 2 is 1.33 bits per heavy atom. The van der Waals surface area contributed by atoms with Crippen molar-refractivity contribution in [2.24, 2.45) is 0 Å². The highest BCUT2D eigenvalue weighted by atomic mass is 16.3. The van der Waals surface area contributed by atoms with Crippen molar-refractivity contribution in [3.8, 4) is 11.1 Å². The predicted molar refractivity (Wildman–Crippen MR) is 185 cm³/mol. The smallest absolute Gasteiger partial charge is 0.135 e. The molecule has 0 fully saturated rings. The van der Waals surface area contributed by atoms with Gasteiger partial charge in [0, 0.05) is 16.7 Å². The molecule has 0 aliphatic carbocycles. The van der Waals surface area contributed by atoms with E-state index >= 15 is 0 Å². The number of hydrogen-bond acceptors (Lipinski definition) is 1. The average Bonchev–Trinajstić information content (AvgIpc) is 3.43. The van der Waals surface area contributed by atoms with Gasteiger partial charge in [-0.05, 0) is 86.1 Å². The largest absolute Gasteiger partial charge is 0.456 e. The van der Waals surface area contributed by atoms with E-state index in [4.69, 9.17) is 4.42 Å². The van der Waals surface area contributed by atoms with Crippen LogP contribution in [0.3, 0.4) is 0 Å². The molecule has 1 heteroatoms. The molecule has 0 saturated carbocycles. The van der Waals surface area contributed by atoms with Gasteiger partial charge in [-0.3, -0.25) is 0 Å². The molecule has 8 rings (SSSR count). The van der Waals surface area contributed by atoms with Crippen molar-refractivity contribution in [3.05, 3.63) is 150 Å². The van der Waals surface area contributed by atoms with Crippen molar-refractivity contribution < 1.29 is 4.42 Å². The lowest BCUT2D eigenvalue weighted by Gasteiger charge is -2.22. The Labute approximate surface area is 251 Å². The number of fused-ring (bicyclic) bond motifs is 3. The second kappa shape index (κ2) is 10.00. The Balaban J connectivity index is 1.38. The van der Waals surface area contributed by atoms with Gasteiger partial charge in [0.15, 0.2) is 0 Å². The van der Waals surface area contributed by atoms with Gasteiger partial charge in [-0.25, -0.2) is 0 Å². The van der Waals surface area contributed by atoms with E-state index in [0.717, 1.165) is 11.2 Å². The number of furan rings is 1. The lowest BCUT2D eigenvalue weighted by Crippen LogP contribution is -2.00. The molecule has 0 spiro atoms. The molecule has 1 nitrogen and oxygen atoms in total. The summed E-state index contributed by atoms with van der Waals surface area (Å²) in [6, 6.07) is 42.2. The van der Waals surface area contributed by atoms with E-state index in [0.29, 0.717) is 0 Å². The molecule has 8 aromatic rings. The third kappa shape index (κ3) is 4.00. The first-order chi connectivity index (χ1) is 21.1. The first-order valence-electron chi connectivity index (χ1n) is 15.1. The number of para-hydroxylation sites is 1. The van der Waals surface area contributed by atoms with Crippen LogP contribution in [0.15, 0.2) is 138 Å². The Kier molecular flexibility index (Phi) is 5.94. The van der Waals surface area contributed by atoms with E-state index in [1.54, 1.807) is 0 Å². The van der Waals surface area contributed by atoms with Gasteiger partial charge in [-0.15, -0.1) is 0 Å². The third-order valence-corrected chi connectivity index (χ3v) is 9.17. The van der Waals surface area contributed by atoms with E-state index in [1.807, 2.05) is 6.07 Å². The molecule has 1 heterocycles. The van der Waals surface area contributed by atoms with Crippen LogP contribution < -0.4 is 0 Å². The summed E-state index contributed by atoms with van der Waals surface area (Å²) in [5.74, 6) is 0.141. The van der Waals surface area contributed by atoms with Gasteiger partial charge in [0.25, 0.3) is 0 Å². The zero-order valence-corrected chi connectivity index (χ0v) is 24.7. The van der Waals surface area contributed by atoms with Crippen LogP contribution in [0.4, 0.5) is 0 Å². The van der Waals surface area contributed by atoms with Crippen LogP contribution in [0.2, 0.25) is 0 Å². The molecular weight excluding hydrogens is 520 g/mol. The Morgan fingerprint density at radius 1 is 0.628 bits per heavy atom. The van der Waals surface area contributed by atoms with Crippen LogP contribution in [-0.2, 0) is 0 Å². The minimum absolute atomic E-state index is 0.141. The molecule has 0 amide bonds. The summed E-state index contributed by atoms with van der Waals surface area (Å²) in [5.41, 5.74) is 9.55. The molecule has 1 aromatic heterocycles. The summed E-state index contributed by atoms with van der Waals surface area (Å²) in [6.45, 7) is 6.56. The van der Waals surface area contributed by atoms with Gasteiger partial charge in [0.2, 0.25) is 0 Å². The van der Waals surface area contributed by atoms with Gasteiger partial charge in [0.05, 0.1) is 0 Å². The molecule has 0 aliphatic rings. The highest BCUT2D eigenvalue weighted by molar-refractivity contribution is 6.27. The summed E-state index contributed by atoms with van der Waals surface area (Å²) in [4.78, 5) is 0. The maximum Gasteiger partial charge on any atom is 0.135 e. The van der Waals surface area contributed by atoms with Gasteiger partial charge in [0.1, 0.15) is 11.2 Å². The minimum Gasteiger partial charge on any atom is -0.456 e. The SMILES string of the molecule is C/C=C\C=C(\c1ccc2ccc3c(-c4ccc(C)cc4)ccc4ccc1c2c43)C(C)c1cccc2oc3ccccc3c12. The van der Waals surface area contributed by atoms with Crippen LogP contribution in [0.5, 0.6) is 0 Å². The van der Waals surface area contributed by atoms with Crippen LogP contribution in [0.1, 0.15) is 36.5 Å². The summed E-state index contributed by atoms with van der Waals surface area (Å²) in [6.07, 6.45) is 6.59. The highest BCUT2D eigenvalue weighted by Crippen LogP contribution is 2.45. The van der Waals surface area contributed by atoms with Gasteiger partial charge in [-0.1, -0.05) is 134 Å². The zero-order valence-electron chi connectivity index (χ0n) is 24.7. The second-order valence-electron chi connectivity index (χ2n) is 11.7. The molecule has 0 aliphatic heterocycles. The molecule has 1 atom stereocenters. The summed E-state index contributed by atoms with van der Waals surface area (Å²) in [7, 11) is 0. The molecule has 0 saturated heterocycles. The van der Waals surface area contributed by atoms with E-state index in [1.165, 1.54) is 76.5 Å². The Hall–Kier alpha value is -5.14. The summed E-state index contributed by atoms with van der Waals surface area (Å²) < 4.78 is 6.28. The molecule has 1 unspecified atom stereocenters. The normalized spacial score (nSPS) is 13.4. The van der Waals surface area contributed by atoms with Crippen LogP contribution in [-0.4, -0.2) is 0 Å². The monoisotopic (exact) mass is 552 g/mol. The topological polar surface area (TPSA) is 13.1 Å². The van der Waals surface area contributed by atoms with Crippen molar-refractivity contribution in [1.82, 2.24) is 0 Å². The van der Waals surface area contributed by atoms with E-state index in [-0.39, 0.29) is 5.92 Å². The van der Waals surface area contributed by atoms with Crippen LogP contribution in [0.25, 0.3) is 71.0 Å². The summed E-state index contributed by atoms with van der Waals surface area (Å²) in [5, 5.41) is 10.2. The molecule has 7 aromatic carbocycles. The van der Waals surface area contributed by atoms with Gasteiger partial charge < -0.3 is 4.42 Å². The Bertz CT molecular complexity index is 2360. The fraction of sp³-hybridized carbons (Fsp3) is 0.0952. The second-order valence-corrected chi connectivity index (χ2v) is 11.7. The number of benzene rings is 7. The molecule has 0 N–H and O–H groups in total. The molecule has 206 valence electrons. The van der Waals surface area contributed by atoms with Gasteiger partial charge in [-0.2, -0.15) is 0 Å². The standard InChI is InChI=1S/C42H32O/c1-4-5-9-31(27(3)32-11-8-13-39-42(32)37-10-6-7-12-38(37)43-39)34-23-19-30-20-24-35-33(28-16-14-26(2)15-17-28)22-18-29-21-25-36(34)41(30)40(29)35/h4-25,27H,1-3H3/b5-4-,31-9+. The van der Waals surface area contributed by atoms with Crippen molar-refractivity contribution in [2.75, 3.05) is 0 Å². The van der Waals surface area contributed by atoms with Crippen molar-refractivity contribution >= 4 is 59.8 Å². The maximum absolute atomic E-state index is 6.28.